The molecule has 0 bridgehead atoms. The summed E-state index contributed by atoms with van der Waals surface area (Å²) in [6.45, 7) is 2.28. The topological polar surface area (TPSA) is 27.8 Å². The number of hydrogen-bond acceptors (Lipinski definition) is 1. The molecule has 116 valence electrons. The van der Waals surface area contributed by atoms with Crippen LogP contribution in [0, 0.1) is 0 Å². The zero-order chi connectivity index (χ0) is 16.1. The Kier molecular flexibility index (Phi) is 2.66. The van der Waals surface area contributed by atoms with Crippen molar-refractivity contribution in [2.24, 2.45) is 0 Å². The maximum absolute atomic E-state index is 3.80. The first-order valence-electron chi connectivity index (χ1n) is 8.32. The first-order valence-corrected chi connectivity index (χ1v) is 8.32. The van der Waals surface area contributed by atoms with E-state index >= 15 is 0 Å². The van der Waals surface area contributed by atoms with E-state index in [1.807, 2.05) is 0 Å². The first-order chi connectivity index (χ1) is 11.8. The average Bonchev–Trinajstić information content (AvgIpc) is 3.03. The minimum Gasteiger partial charge on any atom is -0.371 e. The van der Waals surface area contributed by atoms with E-state index in [1.165, 1.54) is 39.0 Å². The number of nitrogens with one attached hydrogen (secondary N) is 2. The highest BCUT2D eigenvalue weighted by Gasteiger charge is 2.38. The van der Waals surface area contributed by atoms with Crippen molar-refractivity contribution in [3.05, 3.63) is 90.0 Å². The van der Waals surface area contributed by atoms with Gasteiger partial charge in [-0.25, -0.2) is 0 Å². The van der Waals surface area contributed by atoms with Crippen LogP contribution in [0.2, 0.25) is 0 Å². The molecule has 5 rings (SSSR count). The zero-order valence-corrected chi connectivity index (χ0v) is 13.5. The predicted octanol–water partition coefficient (Wildman–Crippen LogP) is 5.52. The minimum atomic E-state index is -0.273. The molecule has 2 nitrogen and oxygen atoms in total. The van der Waals surface area contributed by atoms with Crippen LogP contribution in [-0.4, -0.2) is 4.98 Å². The lowest BCUT2D eigenvalue weighted by Crippen LogP contribution is -2.36. The van der Waals surface area contributed by atoms with Crippen molar-refractivity contribution in [3.63, 3.8) is 0 Å². The van der Waals surface area contributed by atoms with Gasteiger partial charge in [0.1, 0.15) is 0 Å². The molecule has 0 radical (unpaired) electrons. The largest absolute Gasteiger partial charge is 0.371 e. The molecule has 0 spiro atoms. The molecular weight excluding hydrogens is 292 g/mol. The van der Waals surface area contributed by atoms with Crippen LogP contribution in [0.25, 0.3) is 22.2 Å². The third-order valence-electron chi connectivity index (χ3n) is 5.14. The predicted molar refractivity (Wildman–Crippen MR) is 100 cm³/mol. The molecule has 1 aliphatic rings. The lowest BCUT2D eigenvalue weighted by Gasteiger charge is -2.38. The monoisotopic (exact) mass is 310 g/mol. The second-order valence-corrected chi connectivity index (χ2v) is 6.58. The second kappa shape index (κ2) is 4.75. The molecular formula is C22H18N2. The summed E-state index contributed by atoms with van der Waals surface area (Å²) < 4.78 is 0. The molecule has 1 atom stereocenters. The molecule has 24 heavy (non-hydrogen) atoms. The summed E-state index contributed by atoms with van der Waals surface area (Å²) in [5.41, 5.74) is 7.12. The van der Waals surface area contributed by atoms with Crippen LogP contribution in [0.3, 0.4) is 0 Å². The highest BCUT2D eigenvalue weighted by molar-refractivity contribution is 5.97. The molecule has 0 saturated heterocycles. The van der Waals surface area contributed by atoms with E-state index in [0.29, 0.717) is 0 Å². The molecule has 2 heteroatoms. The Morgan fingerprint density at radius 1 is 0.750 bits per heavy atom. The van der Waals surface area contributed by atoms with Crippen molar-refractivity contribution >= 4 is 16.6 Å². The van der Waals surface area contributed by atoms with Gasteiger partial charge in [0, 0.05) is 27.7 Å². The number of H-pyrrole nitrogens is 1. The second-order valence-electron chi connectivity index (χ2n) is 6.58. The van der Waals surface area contributed by atoms with E-state index in [9.17, 15) is 0 Å². The molecule has 1 unspecified atom stereocenters. The van der Waals surface area contributed by atoms with Gasteiger partial charge in [0.25, 0.3) is 0 Å². The maximum Gasteiger partial charge on any atom is 0.0877 e. The third kappa shape index (κ3) is 1.71. The highest BCUT2D eigenvalue weighted by Crippen LogP contribution is 2.48. The molecule has 1 aromatic heterocycles. The summed E-state index contributed by atoms with van der Waals surface area (Å²) in [6.07, 6.45) is 0. The third-order valence-corrected chi connectivity index (χ3v) is 5.14. The van der Waals surface area contributed by atoms with Crippen molar-refractivity contribution in [2.75, 3.05) is 5.32 Å². The molecule has 0 amide bonds. The van der Waals surface area contributed by atoms with Gasteiger partial charge in [-0.3, -0.25) is 0 Å². The van der Waals surface area contributed by atoms with Crippen molar-refractivity contribution in [1.29, 1.82) is 0 Å². The average molecular weight is 310 g/mol. The number of aromatic nitrogens is 1. The molecule has 0 saturated carbocycles. The van der Waals surface area contributed by atoms with Gasteiger partial charge in [0.05, 0.1) is 11.2 Å². The van der Waals surface area contributed by atoms with Gasteiger partial charge in [0.15, 0.2) is 0 Å². The molecule has 2 heterocycles. The van der Waals surface area contributed by atoms with Crippen LogP contribution >= 0.6 is 0 Å². The van der Waals surface area contributed by atoms with E-state index < -0.39 is 0 Å². The van der Waals surface area contributed by atoms with Gasteiger partial charge in [-0.05, 0) is 24.6 Å². The van der Waals surface area contributed by atoms with E-state index in [0.717, 1.165) is 0 Å². The van der Waals surface area contributed by atoms with Crippen LogP contribution in [-0.2, 0) is 5.54 Å². The van der Waals surface area contributed by atoms with E-state index in [2.05, 4.69) is 96.1 Å². The Morgan fingerprint density at radius 3 is 2.33 bits per heavy atom. The molecule has 1 aliphatic heterocycles. The lowest BCUT2D eigenvalue weighted by atomic mass is 9.78. The Bertz CT molecular complexity index is 1050. The minimum absolute atomic E-state index is 0.273. The van der Waals surface area contributed by atoms with Gasteiger partial charge in [0.2, 0.25) is 0 Å². The van der Waals surface area contributed by atoms with Crippen LogP contribution in [0.4, 0.5) is 5.69 Å². The number of aromatic amines is 1. The van der Waals surface area contributed by atoms with E-state index in [4.69, 9.17) is 0 Å². The van der Waals surface area contributed by atoms with Gasteiger partial charge in [-0.2, -0.15) is 0 Å². The van der Waals surface area contributed by atoms with Crippen LogP contribution in [0.15, 0.2) is 78.9 Å². The van der Waals surface area contributed by atoms with Gasteiger partial charge < -0.3 is 10.3 Å². The number of rotatable bonds is 1. The van der Waals surface area contributed by atoms with Crippen molar-refractivity contribution in [3.8, 4) is 11.3 Å². The first kappa shape index (κ1) is 13.4. The van der Waals surface area contributed by atoms with Crippen molar-refractivity contribution in [2.45, 2.75) is 12.5 Å². The smallest absolute Gasteiger partial charge is 0.0877 e. The van der Waals surface area contributed by atoms with Crippen LogP contribution in [0.5, 0.6) is 0 Å². The van der Waals surface area contributed by atoms with Crippen LogP contribution in [0.1, 0.15) is 18.1 Å². The Labute approximate surface area is 141 Å². The zero-order valence-electron chi connectivity index (χ0n) is 13.5. The summed E-state index contributed by atoms with van der Waals surface area (Å²) in [5, 5.41) is 5.08. The van der Waals surface area contributed by atoms with Crippen LogP contribution < -0.4 is 5.32 Å². The molecule has 2 N–H and O–H groups in total. The standard InChI is InChI=1S/C22H18N2/c1-22(15-9-3-2-4-10-15)20-16-11-5-7-13-18(16)23-21(20)17-12-6-8-14-19(17)24-22/h2-14,23-24H,1H3. The van der Waals surface area contributed by atoms with Gasteiger partial charge in [-0.15, -0.1) is 0 Å². The van der Waals surface area contributed by atoms with E-state index in [-0.39, 0.29) is 5.54 Å². The SMILES string of the molecule is CC1(c2ccccc2)Nc2ccccc2-c2[nH]c3ccccc3c21. The lowest BCUT2D eigenvalue weighted by molar-refractivity contribution is 0.662. The van der Waals surface area contributed by atoms with E-state index in [1.54, 1.807) is 0 Å². The molecule has 0 aliphatic carbocycles. The highest BCUT2D eigenvalue weighted by atomic mass is 15.0. The summed E-state index contributed by atoms with van der Waals surface area (Å²) in [6, 6.07) is 27.8. The van der Waals surface area contributed by atoms with Crippen molar-refractivity contribution in [1.82, 2.24) is 4.98 Å². The molecule has 0 fully saturated rings. The Balaban J connectivity index is 1.91. The molecule has 3 aromatic carbocycles. The normalized spacial score (nSPS) is 18.7. The van der Waals surface area contributed by atoms with Crippen molar-refractivity contribution < 1.29 is 0 Å². The number of benzene rings is 3. The summed E-state index contributed by atoms with van der Waals surface area (Å²) >= 11 is 0. The fourth-order valence-electron chi connectivity index (χ4n) is 3.99. The number of hydrogen-bond donors (Lipinski definition) is 2. The number of anilines is 1. The van der Waals surface area contributed by atoms with Gasteiger partial charge >= 0.3 is 0 Å². The maximum atomic E-state index is 3.80. The fourth-order valence-corrected chi connectivity index (χ4v) is 3.99. The van der Waals surface area contributed by atoms with Gasteiger partial charge in [-0.1, -0.05) is 66.7 Å². The molecule has 4 aromatic rings. The number of para-hydroxylation sites is 2. The quantitative estimate of drug-likeness (QED) is 0.476. The number of fused-ring (bicyclic) bond motifs is 5. The Hall–Kier alpha value is -3.00. The summed E-state index contributed by atoms with van der Waals surface area (Å²) in [7, 11) is 0. The summed E-state index contributed by atoms with van der Waals surface area (Å²) in [5.74, 6) is 0. The fraction of sp³-hybridized carbons (Fsp3) is 0.0909. The summed E-state index contributed by atoms with van der Waals surface area (Å²) in [4.78, 5) is 3.66. The Morgan fingerprint density at radius 2 is 1.46 bits per heavy atom.